The van der Waals surface area contributed by atoms with E-state index in [0.29, 0.717) is 11.7 Å². The van der Waals surface area contributed by atoms with Gasteiger partial charge in [0, 0.05) is 30.9 Å². The summed E-state index contributed by atoms with van der Waals surface area (Å²) in [6.07, 6.45) is 1.68. The molecule has 2 heterocycles. The molecule has 0 atom stereocenters. The number of nitrogens with zero attached hydrogens (tertiary/aromatic N) is 3. The highest BCUT2D eigenvalue weighted by molar-refractivity contribution is 5.62. The fourth-order valence-electron chi connectivity index (χ4n) is 1.30. The standard InChI is InChI=1S/C10H12N4O.C2H6/c1-14-9(11)6-8(13-14)7-3-4-12-10(5-7)15-2;1-2/h3-6H,11H2,1-2H3;1-2H3. The summed E-state index contributed by atoms with van der Waals surface area (Å²) in [6.45, 7) is 4.00. The van der Waals surface area contributed by atoms with Crippen LogP contribution >= 0.6 is 0 Å². The van der Waals surface area contributed by atoms with Crippen molar-refractivity contribution in [2.45, 2.75) is 13.8 Å². The third-order valence-electron chi connectivity index (χ3n) is 2.16. The van der Waals surface area contributed by atoms with Crippen molar-refractivity contribution in [1.29, 1.82) is 0 Å². The maximum absolute atomic E-state index is 5.70. The van der Waals surface area contributed by atoms with Gasteiger partial charge in [-0.2, -0.15) is 5.10 Å². The van der Waals surface area contributed by atoms with Gasteiger partial charge in [0.1, 0.15) is 5.82 Å². The Bertz CT molecular complexity index is 460. The molecule has 0 aromatic carbocycles. The molecule has 0 saturated carbocycles. The van der Waals surface area contributed by atoms with Gasteiger partial charge in [-0.3, -0.25) is 4.68 Å². The van der Waals surface area contributed by atoms with E-state index in [2.05, 4.69) is 10.1 Å². The molecule has 0 unspecified atom stereocenters. The predicted molar refractivity (Wildman–Crippen MR) is 68.8 cm³/mol. The molecule has 0 amide bonds. The molecular weight excluding hydrogens is 216 g/mol. The number of aryl methyl sites for hydroxylation is 1. The molecule has 0 spiro atoms. The number of nitrogens with two attached hydrogens (primary N) is 1. The van der Waals surface area contributed by atoms with E-state index in [1.54, 1.807) is 25.0 Å². The Morgan fingerprint density at radius 2 is 2.00 bits per heavy atom. The summed E-state index contributed by atoms with van der Waals surface area (Å²) < 4.78 is 6.66. The zero-order chi connectivity index (χ0) is 12.8. The number of methoxy groups -OCH3 is 1. The van der Waals surface area contributed by atoms with E-state index in [1.165, 1.54) is 0 Å². The molecule has 0 radical (unpaired) electrons. The van der Waals surface area contributed by atoms with Crippen molar-refractivity contribution >= 4 is 5.82 Å². The molecule has 0 aliphatic rings. The van der Waals surface area contributed by atoms with Gasteiger partial charge in [-0.25, -0.2) is 4.98 Å². The van der Waals surface area contributed by atoms with Crippen molar-refractivity contribution < 1.29 is 4.74 Å². The predicted octanol–water partition coefficient (Wildman–Crippen LogP) is 2.10. The molecule has 5 heteroatoms. The molecule has 0 bridgehead atoms. The van der Waals surface area contributed by atoms with Crippen LogP contribution in [0.5, 0.6) is 5.88 Å². The summed E-state index contributed by atoms with van der Waals surface area (Å²) in [7, 11) is 3.39. The van der Waals surface area contributed by atoms with E-state index in [4.69, 9.17) is 10.5 Å². The summed E-state index contributed by atoms with van der Waals surface area (Å²) >= 11 is 0. The third-order valence-corrected chi connectivity index (χ3v) is 2.16. The maximum Gasteiger partial charge on any atom is 0.213 e. The highest BCUT2D eigenvalue weighted by Crippen LogP contribution is 2.22. The fraction of sp³-hybridized carbons (Fsp3) is 0.333. The number of anilines is 1. The van der Waals surface area contributed by atoms with Crippen LogP contribution in [0.2, 0.25) is 0 Å². The second kappa shape index (κ2) is 5.89. The molecule has 0 saturated heterocycles. The van der Waals surface area contributed by atoms with Crippen LogP contribution in [0.3, 0.4) is 0 Å². The normalized spacial score (nSPS) is 9.41. The third kappa shape index (κ3) is 2.96. The first-order valence-corrected chi connectivity index (χ1v) is 5.50. The Hall–Kier alpha value is -2.04. The number of hydrogen-bond acceptors (Lipinski definition) is 4. The van der Waals surface area contributed by atoms with Gasteiger partial charge in [0.05, 0.1) is 12.8 Å². The lowest BCUT2D eigenvalue weighted by molar-refractivity contribution is 0.398. The number of nitrogen functional groups attached to an aromatic ring is 1. The first-order chi connectivity index (χ1) is 8.20. The van der Waals surface area contributed by atoms with Gasteiger partial charge in [-0.1, -0.05) is 13.8 Å². The minimum Gasteiger partial charge on any atom is -0.481 e. The van der Waals surface area contributed by atoms with Crippen molar-refractivity contribution in [3.05, 3.63) is 24.4 Å². The van der Waals surface area contributed by atoms with E-state index in [9.17, 15) is 0 Å². The van der Waals surface area contributed by atoms with Crippen molar-refractivity contribution in [3.8, 4) is 17.1 Å². The molecule has 2 aromatic heterocycles. The zero-order valence-electron chi connectivity index (χ0n) is 10.6. The fourth-order valence-corrected chi connectivity index (χ4v) is 1.30. The van der Waals surface area contributed by atoms with Crippen LogP contribution in [0.25, 0.3) is 11.3 Å². The molecule has 5 nitrogen and oxygen atoms in total. The first kappa shape index (κ1) is 13.0. The van der Waals surface area contributed by atoms with Gasteiger partial charge in [0.25, 0.3) is 0 Å². The topological polar surface area (TPSA) is 66.0 Å². The number of aromatic nitrogens is 3. The summed E-state index contributed by atoms with van der Waals surface area (Å²) in [5.41, 5.74) is 7.46. The zero-order valence-corrected chi connectivity index (χ0v) is 10.6. The molecule has 0 aliphatic carbocycles. The second-order valence-corrected chi connectivity index (χ2v) is 3.16. The minimum atomic E-state index is 0.566. The van der Waals surface area contributed by atoms with E-state index >= 15 is 0 Å². The van der Waals surface area contributed by atoms with E-state index in [1.807, 2.05) is 32.0 Å². The Labute approximate surface area is 101 Å². The smallest absolute Gasteiger partial charge is 0.213 e. The van der Waals surface area contributed by atoms with Crippen LogP contribution in [-0.2, 0) is 7.05 Å². The van der Waals surface area contributed by atoms with Crippen LogP contribution in [-0.4, -0.2) is 21.9 Å². The van der Waals surface area contributed by atoms with Crippen molar-refractivity contribution in [2.75, 3.05) is 12.8 Å². The van der Waals surface area contributed by atoms with Gasteiger partial charge >= 0.3 is 0 Å². The number of rotatable bonds is 2. The monoisotopic (exact) mass is 234 g/mol. The Morgan fingerprint density at radius 1 is 1.29 bits per heavy atom. The molecule has 0 aliphatic heterocycles. The largest absolute Gasteiger partial charge is 0.481 e. The van der Waals surface area contributed by atoms with E-state index in [0.717, 1.165) is 11.3 Å². The highest BCUT2D eigenvalue weighted by Gasteiger charge is 2.05. The van der Waals surface area contributed by atoms with Crippen molar-refractivity contribution in [3.63, 3.8) is 0 Å². The number of hydrogen-bond donors (Lipinski definition) is 1. The minimum absolute atomic E-state index is 0.566. The average molecular weight is 234 g/mol. The van der Waals surface area contributed by atoms with Gasteiger partial charge < -0.3 is 10.5 Å². The molecule has 17 heavy (non-hydrogen) atoms. The lowest BCUT2D eigenvalue weighted by Crippen LogP contribution is -1.96. The highest BCUT2D eigenvalue weighted by atomic mass is 16.5. The van der Waals surface area contributed by atoms with Crippen LogP contribution in [0.4, 0.5) is 5.82 Å². The van der Waals surface area contributed by atoms with Crippen LogP contribution in [0, 0.1) is 0 Å². The summed E-state index contributed by atoms with van der Waals surface area (Å²) in [6, 6.07) is 5.50. The van der Waals surface area contributed by atoms with E-state index in [-0.39, 0.29) is 0 Å². The Balaban J connectivity index is 0.000000686. The van der Waals surface area contributed by atoms with Crippen molar-refractivity contribution in [1.82, 2.24) is 14.8 Å². The van der Waals surface area contributed by atoms with Crippen molar-refractivity contribution in [2.24, 2.45) is 7.05 Å². The lowest BCUT2D eigenvalue weighted by Gasteiger charge is -1.99. The van der Waals surface area contributed by atoms with Crippen LogP contribution in [0.15, 0.2) is 24.4 Å². The van der Waals surface area contributed by atoms with Gasteiger partial charge in [-0.05, 0) is 6.07 Å². The molecule has 2 N–H and O–H groups in total. The van der Waals surface area contributed by atoms with E-state index < -0.39 is 0 Å². The van der Waals surface area contributed by atoms with Crippen LogP contribution in [0.1, 0.15) is 13.8 Å². The number of pyridine rings is 1. The molecular formula is C12H18N4O. The maximum atomic E-state index is 5.70. The van der Waals surface area contributed by atoms with Gasteiger partial charge in [-0.15, -0.1) is 0 Å². The Kier molecular flexibility index (Phi) is 4.51. The van der Waals surface area contributed by atoms with Crippen LogP contribution < -0.4 is 10.5 Å². The SMILES string of the molecule is CC.COc1cc(-c2cc(N)n(C)n2)ccn1. The molecule has 2 aromatic rings. The quantitative estimate of drug-likeness (QED) is 0.864. The molecule has 2 rings (SSSR count). The summed E-state index contributed by atoms with van der Waals surface area (Å²) in [4.78, 5) is 4.02. The second-order valence-electron chi connectivity index (χ2n) is 3.16. The summed E-state index contributed by atoms with van der Waals surface area (Å²) in [5, 5.41) is 4.26. The van der Waals surface area contributed by atoms with Gasteiger partial charge in [0.2, 0.25) is 5.88 Å². The Morgan fingerprint density at radius 3 is 2.53 bits per heavy atom. The number of ether oxygens (including phenoxy) is 1. The lowest BCUT2D eigenvalue weighted by atomic mass is 10.2. The molecule has 0 fully saturated rings. The summed E-state index contributed by atoms with van der Waals surface area (Å²) in [5.74, 6) is 1.19. The first-order valence-electron chi connectivity index (χ1n) is 5.50. The average Bonchev–Trinajstić information content (AvgIpc) is 2.72. The molecule has 92 valence electrons. The van der Waals surface area contributed by atoms with Gasteiger partial charge in [0.15, 0.2) is 0 Å².